The summed E-state index contributed by atoms with van der Waals surface area (Å²) in [6.45, 7) is 5.18. The lowest BCUT2D eigenvalue weighted by molar-refractivity contribution is 0.0966. The van der Waals surface area contributed by atoms with Crippen LogP contribution in [0.15, 0.2) is 24.3 Å². The minimum atomic E-state index is 0.279. The van der Waals surface area contributed by atoms with Gasteiger partial charge in [-0.25, -0.2) is 0 Å². The van der Waals surface area contributed by atoms with E-state index in [4.69, 9.17) is 0 Å². The van der Waals surface area contributed by atoms with E-state index < -0.39 is 0 Å². The van der Waals surface area contributed by atoms with Crippen LogP contribution in [0.4, 0.5) is 0 Å². The lowest BCUT2D eigenvalue weighted by Crippen LogP contribution is -2.34. The molecule has 17 heavy (non-hydrogen) atoms. The molecule has 0 bridgehead atoms. The Bertz CT molecular complexity index is 386. The van der Waals surface area contributed by atoms with Gasteiger partial charge < -0.3 is 4.90 Å². The molecule has 1 aliphatic rings. The molecule has 1 fully saturated rings. The third kappa shape index (κ3) is 3.58. The Balaban J connectivity index is 1.87. The first-order valence-corrected chi connectivity index (χ1v) is 7.32. The van der Waals surface area contributed by atoms with Gasteiger partial charge >= 0.3 is 0 Å². The van der Waals surface area contributed by atoms with Crippen LogP contribution >= 0.6 is 11.8 Å². The van der Waals surface area contributed by atoms with E-state index in [1.807, 2.05) is 43.0 Å². The Kier molecular flexibility index (Phi) is 4.63. The Hall–Kier alpha value is -0.800. The van der Waals surface area contributed by atoms with Crippen LogP contribution in [0.25, 0.3) is 0 Å². The average Bonchev–Trinajstić information content (AvgIpc) is 2.38. The molecule has 1 aromatic rings. The number of thioether (sulfide) groups is 1. The largest absolute Gasteiger partial charge is 0.301 e. The lowest BCUT2D eigenvalue weighted by atomic mass is 10.0. The topological polar surface area (TPSA) is 20.3 Å². The summed E-state index contributed by atoms with van der Waals surface area (Å²) >= 11 is 2.01. The van der Waals surface area contributed by atoms with Gasteiger partial charge in [-0.2, -0.15) is 11.8 Å². The number of aryl methyl sites for hydroxylation is 1. The van der Waals surface area contributed by atoms with E-state index >= 15 is 0 Å². The van der Waals surface area contributed by atoms with Crippen LogP contribution in [0.1, 0.15) is 22.3 Å². The Labute approximate surface area is 107 Å². The zero-order valence-electron chi connectivity index (χ0n) is 10.3. The first kappa shape index (κ1) is 12.7. The number of benzene rings is 1. The van der Waals surface area contributed by atoms with Crippen molar-refractivity contribution in [3.05, 3.63) is 35.4 Å². The van der Waals surface area contributed by atoms with Crippen molar-refractivity contribution in [3.63, 3.8) is 0 Å². The van der Waals surface area contributed by atoms with Crippen LogP contribution < -0.4 is 0 Å². The second kappa shape index (κ2) is 6.22. The predicted molar refractivity (Wildman–Crippen MR) is 73.9 cm³/mol. The molecule has 0 aromatic heterocycles. The average molecular weight is 249 g/mol. The number of Topliss-reactive ketones (excluding diaryl/α,β-unsaturated/α-hetero) is 1. The van der Waals surface area contributed by atoms with E-state index in [0.717, 1.165) is 30.8 Å². The van der Waals surface area contributed by atoms with Gasteiger partial charge in [-0.3, -0.25) is 4.79 Å². The number of hydrogen-bond donors (Lipinski definition) is 0. The molecule has 0 amide bonds. The van der Waals surface area contributed by atoms with Gasteiger partial charge in [-0.05, 0) is 12.5 Å². The molecule has 0 saturated carbocycles. The predicted octanol–water partition coefficient (Wildman–Crippen LogP) is 2.62. The number of rotatable bonds is 4. The highest BCUT2D eigenvalue weighted by Gasteiger charge is 2.13. The lowest BCUT2D eigenvalue weighted by Gasteiger charge is -2.25. The van der Waals surface area contributed by atoms with E-state index in [1.165, 1.54) is 11.5 Å². The summed E-state index contributed by atoms with van der Waals surface area (Å²) < 4.78 is 0. The van der Waals surface area contributed by atoms with Gasteiger partial charge in [0.05, 0.1) is 0 Å². The van der Waals surface area contributed by atoms with Gasteiger partial charge in [0.1, 0.15) is 0 Å². The molecule has 0 spiro atoms. The zero-order valence-corrected chi connectivity index (χ0v) is 11.1. The quantitative estimate of drug-likeness (QED) is 0.765. The molecule has 1 heterocycles. The Morgan fingerprint density at radius 2 is 2.00 bits per heavy atom. The van der Waals surface area contributed by atoms with Crippen molar-refractivity contribution in [2.24, 2.45) is 0 Å². The maximum absolute atomic E-state index is 12.1. The van der Waals surface area contributed by atoms with E-state index in [0.29, 0.717) is 6.42 Å². The number of hydrogen-bond acceptors (Lipinski definition) is 3. The molecule has 1 aromatic carbocycles. The molecule has 2 rings (SSSR count). The van der Waals surface area contributed by atoms with Crippen molar-refractivity contribution in [2.75, 3.05) is 31.1 Å². The molecule has 0 radical (unpaired) electrons. The first-order chi connectivity index (χ1) is 8.27. The van der Waals surface area contributed by atoms with Crippen molar-refractivity contribution in [1.29, 1.82) is 0 Å². The summed E-state index contributed by atoms with van der Waals surface area (Å²) in [6, 6.07) is 7.86. The van der Waals surface area contributed by atoms with Crippen LogP contribution in [-0.2, 0) is 0 Å². The standard InChI is InChI=1S/C14H19NOS/c1-12-4-2-3-5-13(12)14(16)6-7-15-8-10-17-11-9-15/h2-5H,6-11H2,1H3. The van der Waals surface area contributed by atoms with Gasteiger partial charge in [-0.15, -0.1) is 0 Å². The molecular formula is C14H19NOS. The van der Waals surface area contributed by atoms with E-state index in [2.05, 4.69) is 4.90 Å². The number of nitrogens with zero attached hydrogens (tertiary/aromatic N) is 1. The second-order valence-electron chi connectivity index (χ2n) is 4.44. The van der Waals surface area contributed by atoms with Gasteiger partial charge in [0.2, 0.25) is 0 Å². The number of ketones is 1. The third-order valence-electron chi connectivity index (χ3n) is 3.20. The normalized spacial score (nSPS) is 17.0. The molecule has 0 aliphatic carbocycles. The van der Waals surface area contributed by atoms with Crippen molar-refractivity contribution < 1.29 is 4.79 Å². The van der Waals surface area contributed by atoms with Gasteiger partial charge in [0, 0.05) is 43.1 Å². The smallest absolute Gasteiger partial charge is 0.164 e. The van der Waals surface area contributed by atoms with Crippen molar-refractivity contribution >= 4 is 17.5 Å². The van der Waals surface area contributed by atoms with Crippen molar-refractivity contribution in [2.45, 2.75) is 13.3 Å². The summed E-state index contributed by atoms with van der Waals surface area (Å²) in [4.78, 5) is 14.5. The third-order valence-corrected chi connectivity index (χ3v) is 4.15. The Morgan fingerprint density at radius 3 is 2.71 bits per heavy atom. The molecular weight excluding hydrogens is 230 g/mol. The van der Waals surface area contributed by atoms with E-state index in [1.54, 1.807) is 0 Å². The van der Waals surface area contributed by atoms with Crippen molar-refractivity contribution in [3.8, 4) is 0 Å². The SMILES string of the molecule is Cc1ccccc1C(=O)CCN1CCSCC1. The molecule has 2 nitrogen and oxygen atoms in total. The highest BCUT2D eigenvalue weighted by Crippen LogP contribution is 2.12. The molecule has 92 valence electrons. The molecule has 0 N–H and O–H groups in total. The summed E-state index contributed by atoms with van der Waals surface area (Å²) in [5.74, 6) is 2.69. The molecule has 3 heteroatoms. The highest BCUT2D eigenvalue weighted by molar-refractivity contribution is 7.99. The van der Waals surface area contributed by atoms with E-state index in [9.17, 15) is 4.79 Å². The van der Waals surface area contributed by atoms with Crippen LogP contribution in [0.5, 0.6) is 0 Å². The van der Waals surface area contributed by atoms with Crippen LogP contribution in [0, 0.1) is 6.92 Å². The first-order valence-electron chi connectivity index (χ1n) is 6.16. The number of carbonyl (C=O) groups excluding carboxylic acids is 1. The fourth-order valence-corrected chi connectivity index (χ4v) is 3.08. The van der Waals surface area contributed by atoms with Gasteiger partial charge in [0.25, 0.3) is 0 Å². The summed E-state index contributed by atoms with van der Waals surface area (Å²) in [5, 5.41) is 0. The summed E-state index contributed by atoms with van der Waals surface area (Å²) in [5.41, 5.74) is 1.98. The second-order valence-corrected chi connectivity index (χ2v) is 5.67. The number of carbonyl (C=O) groups is 1. The van der Waals surface area contributed by atoms with Crippen LogP contribution in [0.3, 0.4) is 0 Å². The maximum atomic E-state index is 12.1. The summed E-state index contributed by atoms with van der Waals surface area (Å²) in [6.07, 6.45) is 0.648. The van der Waals surface area contributed by atoms with Crippen molar-refractivity contribution in [1.82, 2.24) is 4.90 Å². The molecule has 1 saturated heterocycles. The zero-order chi connectivity index (χ0) is 12.1. The maximum Gasteiger partial charge on any atom is 0.164 e. The van der Waals surface area contributed by atoms with Gasteiger partial charge in [0.15, 0.2) is 5.78 Å². The fraction of sp³-hybridized carbons (Fsp3) is 0.500. The summed E-state index contributed by atoms with van der Waals surface area (Å²) in [7, 11) is 0. The molecule has 0 unspecified atom stereocenters. The Morgan fingerprint density at radius 1 is 1.29 bits per heavy atom. The monoisotopic (exact) mass is 249 g/mol. The van der Waals surface area contributed by atoms with Crippen LogP contribution in [0.2, 0.25) is 0 Å². The molecule has 0 atom stereocenters. The molecule has 1 aliphatic heterocycles. The van der Waals surface area contributed by atoms with E-state index in [-0.39, 0.29) is 5.78 Å². The minimum absolute atomic E-state index is 0.279. The highest BCUT2D eigenvalue weighted by atomic mass is 32.2. The van der Waals surface area contributed by atoms with Gasteiger partial charge in [-0.1, -0.05) is 24.3 Å². The van der Waals surface area contributed by atoms with Crippen LogP contribution in [-0.4, -0.2) is 41.8 Å². The minimum Gasteiger partial charge on any atom is -0.301 e. The fourth-order valence-electron chi connectivity index (χ4n) is 2.10.